The van der Waals surface area contributed by atoms with Gasteiger partial charge in [-0.15, -0.1) is 0 Å². The van der Waals surface area contributed by atoms with Gasteiger partial charge in [0.2, 0.25) is 0 Å². The van der Waals surface area contributed by atoms with Crippen LogP contribution < -0.4 is 5.73 Å². The Morgan fingerprint density at radius 1 is 1.24 bits per heavy atom. The molecule has 0 bridgehead atoms. The summed E-state index contributed by atoms with van der Waals surface area (Å²) in [5.74, 6) is 0.820. The van der Waals surface area contributed by atoms with Gasteiger partial charge in [-0.25, -0.2) is 9.97 Å². The van der Waals surface area contributed by atoms with E-state index in [0.717, 1.165) is 22.4 Å². The molecule has 6 heteroatoms. The Kier molecular flexibility index (Phi) is 3.39. The van der Waals surface area contributed by atoms with Gasteiger partial charge in [0.15, 0.2) is 0 Å². The summed E-state index contributed by atoms with van der Waals surface area (Å²) in [6.07, 6.45) is 0. The molecule has 3 rings (SSSR count). The molecule has 0 atom stereocenters. The van der Waals surface area contributed by atoms with Crippen LogP contribution in [0.3, 0.4) is 0 Å². The van der Waals surface area contributed by atoms with Crippen molar-refractivity contribution in [3.05, 3.63) is 47.3 Å². The molecule has 5 nitrogen and oxygen atoms in total. The van der Waals surface area contributed by atoms with Gasteiger partial charge in [-0.2, -0.15) is 0 Å². The molecule has 0 radical (unpaired) electrons. The number of hydrogen-bond acceptors (Lipinski definition) is 5. The van der Waals surface area contributed by atoms with Crippen LogP contribution in [-0.2, 0) is 0 Å². The van der Waals surface area contributed by atoms with Crippen molar-refractivity contribution in [3.63, 3.8) is 0 Å². The highest BCUT2D eigenvalue weighted by atomic mass is 32.2. The monoisotopic (exact) mass is 298 g/mol. The number of amidine groups is 1. The van der Waals surface area contributed by atoms with Gasteiger partial charge in [-0.05, 0) is 37.7 Å². The first kappa shape index (κ1) is 13.6. The van der Waals surface area contributed by atoms with Crippen LogP contribution in [0.15, 0.2) is 45.0 Å². The number of pyridine rings is 1. The van der Waals surface area contributed by atoms with Crippen LogP contribution >= 0.6 is 11.8 Å². The summed E-state index contributed by atoms with van der Waals surface area (Å²) in [6.45, 7) is 3.78. The van der Waals surface area contributed by atoms with E-state index in [0.29, 0.717) is 15.8 Å². The highest BCUT2D eigenvalue weighted by molar-refractivity contribution is 7.99. The molecule has 0 aliphatic carbocycles. The third-order valence-electron chi connectivity index (χ3n) is 3.18. The summed E-state index contributed by atoms with van der Waals surface area (Å²) in [7, 11) is 0. The molecule has 0 amide bonds. The highest BCUT2D eigenvalue weighted by Gasteiger charge is 2.12. The second-order valence-corrected chi connectivity index (χ2v) is 5.63. The van der Waals surface area contributed by atoms with Crippen molar-refractivity contribution in [1.29, 1.82) is 5.41 Å². The summed E-state index contributed by atoms with van der Waals surface area (Å²) >= 11 is 1.33. The predicted molar refractivity (Wildman–Crippen MR) is 82.9 cm³/mol. The lowest BCUT2D eigenvalue weighted by Crippen LogP contribution is -2.12. The van der Waals surface area contributed by atoms with E-state index in [1.54, 1.807) is 6.07 Å². The van der Waals surface area contributed by atoms with Crippen LogP contribution in [0.25, 0.3) is 10.9 Å². The summed E-state index contributed by atoms with van der Waals surface area (Å²) in [5, 5.41) is 9.86. The minimum absolute atomic E-state index is 0.0233. The van der Waals surface area contributed by atoms with Crippen molar-refractivity contribution in [2.45, 2.75) is 24.1 Å². The van der Waals surface area contributed by atoms with Crippen LogP contribution in [0.2, 0.25) is 0 Å². The molecule has 0 saturated carbocycles. The number of rotatable bonds is 3. The first-order valence-corrected chi connectivity index (χ1v) is 7.22. The van der Waals surface area contributed by atoms with Gasteiger partial charge in [-0.1, -0.05) is 18.2 Å². The number of fused-ring (bicyclic) bond motifs is 1. The summed E-state index contributed by atoms with van der Waals surface area (Å²) in [4.78, 5) is 8.89. The van der Waals surface area contributed by atoms with E-state index in [1.165, 1.54) is 11.8 Å². The molecule has 2 heterocycles. The van der Waals surface area contributed by atoms with Gasteiger partial charge in [0, 0.05) is 10.9 Å². The molecular formula is C15H14N4OS. The molecule has 21 heavy (non-hydrogen) atoms. The molecule has 0 saturated heterocycles. The van der Waals surface area contributed by atoms with E-state index in [2.05, 4.69) is 9.97 Å². The quantitative estimate of drug-likeness (QED) is 0.572. The Morgan fingerprint density at radius 3 is 2.67 bits per heavy atom. The third kappa shape index (κ3) is 2.62. The van der Waals surface area contributed by atoms with E-state index in [4.69, 9.17) is 15.6 Å². The molecule has 3 aromatic rings. The van der Waals surface area contributed by atoms with Crippen molar-refractivity contribution in [2.75, 3.05) is 0 Å². The smallest absolute Gasteiger partial charge is 0.262 e. The maximum Gasteiger partial charge on any atom is 0.262 e. The lowest BCUT2D eigenvalue weighted by atomic mass is 10.1. The van der Waals surface area contributed by atoms with E-state index < -0.39 is 0 Å². The van der Waals surface area contributed by atoms with Crippen LogP contribution in [0.4, 0.5) is 0 Å². The van der Waals surface area contributed by atoms with Gasteiger partial charge in [-0.3, -0.25) is 5.41 Å². The minimum Gasteiger partial charge on any atom is -0.436 e. The Balaban J connectivity index is 2.08. The molecule has 0 unspecified atom stereocenters. The van der Waals surface area contributed by atoms with Crippen molar-refractivity contribution in [3.8, 4) is 0 Å². The van der Waals surface area contributed by atoms with Gasteiger partial charge in [0.05, 0.1) is 11.2 Å². The molecule has 106 valence electrons. The van der Waals surface area contributed by atoms with Crippen molar-refractivity contribution < 1.29 is 4.42 Å². The largest absolute Gasteiger partial charge is 0.436 e. The third-order valence-corrected chi connectivity index (χ3v) is 3.95. The first-order chi connectivity index (χ1) is 10.0. The number of hydrogen-bond donors (Lipinski definition) is 2. The summed E-state index contributed by atoms with van der Waals surface area (Å²) in [6, 6.07) is 9.42. The number of aryl methyl sites for hydroxylation is 2. The number of benzene rings is 1. The SMILES string of the molecule is Cc1nc(Sc2cc(C(=N)N)c3ccccc3n2)oc1C. The number of oxazole rings is 1. The van der Waals surface area contributed by atoms with Crippen LogP contribution in [-0.4, -0.2) is 15.8 Å². The Labute approximate surface area is 126 Å². The zero-order chi connectivity index (χ0) is 15.0. The second-order valence-electron chi connectivity index (χ2n) is 4.66. The molecule has 1 aromatic carbocycles. The van der Waals surface area contributed by atoms with E-state index in [1.807, 2.05) is 38.1 Å². The fraction of sp³-hybridized carbons (Fsp3) is 0.133. The van der Waals surface area contributed by atoms with Crippen LogP contribution in [0, 0.1) is 19.3 Å². The average Bonchev–Trinajstić information content (AvgIpc) is 2.76. The number of nitrogens with two attached hydrogens (primary N) is 1. The number of nitrogen functional groups attached to an aromatic ring is 1. The normalized spacial score (nSPS) is 11.0. The maximum absolute atomic E-state index is 7.73. The topological polar surface area (TPSA) is 88.8 Å². The van der Waals surface area contributed by atoms with Crippen LogP contribution in [0.5, 0.6) is 0 Å². The molecule has 0 fully saturated rings. The molecule has 3 N–H and O–H groups in total. The fourth-order valence-electron chi connectivity index (χ4n) is 2.00. The predicted octanol–water partition coefficient (Wildman–Crippen LogP) is 3.27. The van der Waals surface area contributed by atoms with E-state index >= 15 is 0 Å². The maximum atomic E-state index is 7.73. The number of nitrogens with one attached hydrogen (secondary N) is 1. The van der Waals surface area contributed by atoms with Gasteiger partial charge >= 0.3 is 0 Å². The Morgan fingerprint density at radius 2 is 2.00 bits per heavy atom. The van der Waals surface area contributed by atoms with Crippen molar-refractivity contribution in [2.24, 2.45) is 5.73 Å². The van der Waals surface area contributed by atoms with Crippen molar-refractivity contribution in [1.82, 2.24) is 9.97 Å². The van der Waals surface area contributed by atoms with Crippen molar-refractivity contribution >= 4 is 28.5 Å². The van der Waals surface area contributed by atoms with Gasteiger partial charge in [0.1, 0.15) is 16.6 Å². The van der Waals surface area contributed by atoms with E-state index in [9.17, 15) is 0 Å². The molecule has 0 aliphatic heterocycles. The zero-order valence-electron chi connectivity index (χ0n) is 11.7. The highest BCUT2D eigenvalue weighted by Crippen LogP contribution is 2.30. The minimum atomic E-state index is 0.0233. The standard InChI is InChI=1S/C15H14N4OS/c1-8-9(2)20-15(18-8)21-13-7-11(14(16)17)10-5-3-4-6-12(10)19-13/h3-7H,1-2H3,(H3,16,17). The Hall–Kier alpha value is -2.34. The Bertz CT molecular complexity index is 821. The molecular weight excluding hydrogens is 284 g/mol. The summed E-state index contributed by atoms with van der Waals surface area (Å²) in [5.41, 5.74) is 8.01. The number of nitrogens with zero attached hydrogens (tertiary/aromatic N) is 2. The molecule has 0 spiro atoms. The zero-order valence-corrected chi connectivity index (χ0v) is 12.5. The van der Waals surface area contributed by atoms with Gasteiger partial charge in [0.25, 0.3) is 5.22 Å². The van der Waals surface area contributed by atoms with Crippen LogP contribution in [0.1, 0.15) is 17.0 Å². The fourth-order valence-corrected chi connectivity index (χ4v) is 2.85. The van der Waals surface area contributed by atoms with Gasteiger partial charge < -0.3 is 10.2 Å². The lowest BCUT2D eigenvalue weighted by molar-refractivity contribution is 0.431. The lowest BCUT2D eigenvalue weighted by Gasteiger charge is -2.06. The number of aromatic nitrogens is 2. The molecule has 0 aliphatic rings. The second kappa shape index (κ2) is 5.21. The average molecular weight is 298 g/mol. The summed E-state index contributed by atoms with van der Waals surface area (Å²) < 4.78 is 5.56. The first-order valence-electron chi connectivity index (χ1n) is 6.40. The molecule has 2 aromatic heterocycles. The van der Waals surface area contributed by atoms with E-state index in [-0.39, 0.29) is 5.84 Å². The number of para-hydroxylation sites is 1.